The van der Waals surface area contributed by atoms with Gasteiger partial charge in [-0.15, -0.1) is 0 Å². The van der Waals surface area contributed by atoms with Crippen molar-refractivity contribution in [2.45, 2.75) is 11.3 Å². The van der Waals surface area contributed by atoms with E-state index in [2.05, 4.69) is 29.2 Å². The number of phenolic OH excluding ortho intramolecular Hbond substituents is 1. The molecule has 0 saturated carbocycles. The number of nitrogens with zero attached hydrogens (tertiary/aromatic N) is 3. The van der Waals surface area contributed by atoms with Crippen molar-refractivity contribution in [3.63, 3.8) is 0 Å². The number of benzene rings is 3. The molecule has 0 spiro atoms. The lowest BCUT2D eigenvalue weighted by Crippen LogP contribution is -2.31. The van der Waals surface area contributed by atoms with Crippen LogP contribution in [-0.2, 0) is 11.2 Å². The number of carbonyl (C=O) groups excluding carboxylic acids is 1. The van der Waals surface area contributed by atoms with E-state index in [4.69, 9.17) is 4.99 Å². The van der Waals surface area contributed by atoms with Crippen LogP contribution in [0.1, 0.15) is 5.56 Å². The Morgan fingerprint density at radius 1 is 0.938 bits per heavy atom. The zero-order valence-electron chi connectivity index (χ0n) is 17.4. The van der Waals surface area contributed by atoms with Gasteiger partial charge in [-0.3, -0.25) is 9.69 Å². The molecule has 160 valence electrons. The molecular weight excluding hydrogens is 438 g/mol. The molecule has 1 fully saturated rings. The number of hydrogen-bond acceptors (Lipinski definition) is 6. The van der Waals surface area contributed by atoms with Crippen LogP contribution in [0.4, 0.5) is 11.4 Å². The van der Waals surface area contributed by atoms with E-state index in [9.17, 15) is 9.90 Å². The van der Waals surface area contributed by atoms with Gasteiger partial charge in [-0.2, -0.15) is 0 Å². The third kappa shape index (κ3) is 4.01. The number of aliphatic imine (C=N–C) groups is 1. The molecule has 1 N–H and O–H groups in total. The number of phenols is 1. The molecule has 3 aromatic rings. The van der Waals surface area contributed by atoms with Crippen LogP contribution < -0.4 is 4.90 Å². The maximum Gasteiger partial charge on any atom is 0.269 e. The van der Waals surface area contributed by atoms with Crippen LogP contribution in [0.5, 0.6) is 5.75 Å². The van der Waals surface area contributed by atoms with E-state index in [1.165, 1.54) is 17.3 Å². The summed E-state index contributed by atoms with van der Waals surface area (Å²) >= 11 is 3.01. The highest BCUT2D eigenvalue weighted by molar-refractivity contribution is 8.19. The molecule has 7 heteroatoms. The maximum absolute atomic E-state index is 13.6. The number of aromatic hydroxyl groups is 1. The van der Waals surface area contributed by atoms with Gasteiger partial charge in [0.05, 0.1) is 16.4 Å². The molecule has 1 amide bonds. The van der Waals surface area contributed by atoms with Gasteiger partial charge in [0.2, 0.25) is 0 Å². The fourth-order valence-electron chi connectivity index (χ4n) is 3.67. The lowest BCUT2D eigenvalue weighted by molar-refractivity contribution is -0.122. The van der Waals surface area contributed by atoms with Gasteiger partial charge in [0.15, 0.2) is 5.17 Å². The highest BCUT2D eigenvalue weighted by Gasteiger charge is 2.38. The highest BCUT2D eigenvalue weighted by Crippen LogP contribution is 2.50. The second-order valence-electron chi connectivity index (χ2n) is 7.47. The van der Waals surface area contributed by atoms with E-state index in [1.807, 2.05) is 43.4 Å². The fourth-order valence-corrected chi connectivity index (χ4v) is 6.04. The second-order valence-corrected chi connectivity index (χ2v) is 9.48. The first-order chi connectivity index (χ1) is 15.6. The number of anilines is 1. The van der Waals surface area contributed by atoms with Gasteiger partial charge in [-0.05, 0) is 48.0 Å². The van der Waals surface area contributed by atoms with E-state index in [0.717, 1.165) is 22.0 Å². The molecule has 0 atom stereocenters. The minimum atomic E-state index is -0.0352. The summed E-state index contributed by atoms with van der Waals surface area (Å²) in [5.41, 5.74) is 2.89. The SMILES string of the molecule is CN1/C(=C2/SC(=Nc3cccc(O)c3)N(CCc3ccccc3)C2=O)Sc2ccccc21. The Morgan fingerprint density at radius 2 is 1.72 bits per heavy atom. The summed E-state index contributed by atoms with van der Waals surface area (Å²) in [6, 6.07) is 25.1. The topological polar surface area (TPSA) is 56.1 Å². The number of carbonyl (C=O) groups is 1. The molecule has 0 radical (unpaired) electrons. The molecule has 5 nitrogen and oxygen atoms in total. The molecule has 5 rings (SSSR count). The van der Waals surface area contributed by atoms with Crippen LogP contribution in [0, 0.1) is 0 Å². The van der Waals surface area contributed by atoms with Crippen molar-refractivity contribution >= 4 is 46.0 Å². The summed E-state index contributed by atoms with van der Waals surface area (Å²) < 4.78 is 0. The average Bonchev–Trinajstić information content (AvgIpc) is 3.29. The number of hydrogen-bond donors (Lipinski definition) is 1. The maximum atomic E-state index is 13.6. The molecule has 2 aliphatic heterocycles. The first kappa shape index (κ1) is 20.7. The van der Waals surface area contributed by atoms with Crippen LogP contribution >= 0.6 is 23.5 Å². The molecule has 0 aromatic heterocycles. The number of fused-ring (bicyclic) bond motifs is 1. The Hall–Kier alpha value is -3.16. The third-order valence-corrected chi connectivity index (χ3v) is 7.75. The van der Waals surface area contributed by atoms with Crippen molar-refractivity contribution < 1.29 is 9.90 Å². The van der Waals surface area contributed by atoms with E-state index >= 15 is 0 Å². The Kier molecular flexibility index (Phi) is 5.68. The molecule has 32 heavy (non-hydrogen) atoms. The van der Waals surface area contributed by atoms with Gasteiger partial charge in [-0.1, -0.05) is 60.3 Å². The zero-order chi connectivity index (χ0) is 22.1. The van der Waals surface area contributed by atoms with Gasteiger partial charge in [0.25, 0.3) is 5.91 Å². The normalized spacial score (nSPS) is 19.2. The Labute approximate surface area is 195 Å². The molecule has 1 saturated heterocycles. The second kappa shape index (κ2) is 8.76. The van der Waals surface area contributed by atoms with Crippen molar-refractivity contribution in [1.29, 1.82) is 0 Å². The van der Waals surface area contributed by atoms with Crippen molar-refractivity contribution in [3.8, 4) is 5.75 Å². The Bertz CT molecular complexity index is 1240. The Balaban J connectivity index is 1.50. The largest absolute Gasteiger partial charge is 0.508 e. The van der Waals surface area contributed by atoms with Crippen LogP contribution in [0.3, 0.4) is 0 Å². The monoisotopic (exact) mass is 459 g/mol. The summed E-state index contributed by atoms with van der Waals surface area (Å²) in [4.78, 5) is 23.9. The van der Waals surface area contributed by atoms with Crippen LogP contribution in [0.25, 0.3) is 0 Å². The standard InChI is InChI=1S/C25H21N3O2S2/c1-27-20-12-5-6-13-21(20)31-24(27)22-23(30)28(15-14-17-8-3-2-4-9-17)25(32-22)26-18-10-7-11-19(29)16-18/h2-13,16,29H,14-15H2,1H3/b24-22-,26-25?. The quantitative estimate of drug-likeness (QED) is 0.514. The van der Waals surface area contributed by atoms with Gasteiger partial charge in [0.1, 0.15) is 10.7 Å². The van der Waals surface area contributed by atoms with E-state index in [-0.39, 0.29) is 11.7 Å². The summed E-state index contributed by atoms with van der Waals surface area (Å²) in [6.45, 7) is 0.533. The highest BCUT2D eigenvalue weighted by atomic mass is 32.2. The van der Waals surface area contributed by atoms with Crippen LogP contribution in [0.2, 0.25) is 0 Å². The molecule has 0 bridgehead atoms. The molecule has 2 heterocycles. The molecule has 0 unspecified atom stereocenters. The summed E-state index contributed by atoms with van der Waals surface area (Å²) in [6.07, 6.45) is 0.734. The minimum absolute atomic E-state index is 0.0352. The van der Waals surface area contributed by atoms with Crippen molar-refractivity contribution in [1.82, 2.24) is 4.90 Å². The summed E-state index contributed by atoms with van der Waals surface area (Å²) in [5, 5.41) is 11.4. The predicted molar refractivity (Wildman–Crippen MR) is 132 cm³/mol. The zero-order valence-corrected chi connectivity index (χ0v) is 19.1. The van der Waals surface area contributed by atoms with Gasteiger partial charge >= 0.3 is 0 Å². The number of thioether (sulfide) groups is 2. The van der Waals surface area contributed by atoms with Crippen LogP contribution in [0.15, 0.2) is 98.7 Å². The number of amidine groups is 1. The number of amides is 1. The first-order valence-corrected chi connectivity index (χ1v) is 11.9. The first-order valence-electron chi connectivity index (χ1n) is 10.3. The van der Waals surface area contributed by atoms with E-state index in [1.54, 1.807) is 34.9 Å². The summed E-state index contributed by atoms with van der Waals surface area (Å²) in [5.74, 6) is 0.115. The molecule has 0 aliphatic carbocycles. The van der Waals surface area contributed by atoms with Crippen molar-refractivity contribution in [2.75, 3.05) is 18.5 Å². The lowest BCUT2D eigenvalue weighted by Gasteiger charge is -2.16. The smallest absolute Gasteiger partial charge is 0.269 e. The molecular formula is C25H21N3O2S2. The van der Waals surface area contributed by atoms with E-state index in [0.29, 0.717) is 22.3 Å². The van der Waals surface area contributed by atoms with Crippen LogP contribution in [-0.4, -0.2) is 34.7 Å². The van der Waals surface area contributed by atoms with Crippen molar-refractivity contribution in [3.05, 3.63) is 94.4 Å². The molecule has 2 aliphatic rings. The molecule has 3 aromatic carbocycles. The van der Waals surface area contributed by atoms with Crippen molar-refractivity contribution in [2.24, 2.45) is 4.99 Å². The average molecular weight is 460 g/mol. The van der Waals surface area contributed by atoms with Gasteiger partial charge in [-0.25, -0.2) is 4.99 Å². The minimum Gasteiger partial charge on any atom is -0.508 e. The lowest BCUT2D eigenvalue weighted by atomic mass is 10.1. The van der Waals surface area contributed by atoms with Gasteiger partial charge < -0.3 is 10.0 Å². The third-order valence-electron chi connectivity index (χ3n) is 5.32. The summed E-state index contributed by atoms with van der Waals surface area (Å²) in [7, 11) is 1.99. The van der Waals surface area contributed by atoms with Gasteiger partial charge in [0, 0.05) is 24.6 Å². The number of para-hydroxylation sites is 1. The predicted octanol–water partition coefficient (Wildman–Crippen LogP) is 5.61. The number of rotatable bonds is 4. The van der Waals surface area contributed by atoms with E-state index < -0.39 is 0 Å². The fraction of sp³-hybridized carbons (Fsp3) is 0.120. The Morgan fingerprint density at radius 3 is 2.50 bits per heavy atom.